The molecule has 0 aromatic carbocycles. The molecule has 0 aliphatic carbocycles. The van der Waals surface area contributed by atoms with Gasteiger partial charge in [-0.15, -0.1) is 0 Å². The van der Waals surface area contributed by atoms with E-state index >= 15 is 0 Å². The summed E-state index contributed by atoms with van der Waals surface area (Å²) in [7, 11) is 0. The van der Waals surface area contributed by atoms with Crippen LogP contribution >= 0.6 is 0 Å². The van der Waals surface area contributed by atoms with E-state index in [0.717, 1.165) is 11.5 Å². The van der Waals surface area contributed by atoms with E-state index in [0.29, 0.717) is 5.78 Å². The van der Waals surface area contributed by atoms with Crippen molar-refractivity contribution < 1.29 is 0 Å². The average Bonchev–Trinajstić information content (AvgIpc) is 2.64. The number of nitrogens with zero attached hydrogens (tertiary/aromatic N) is 4. The molecule has 0 aliphatic heterocycles. The topological polar surface area (TPSA) is 81.1 Å². The fraction of sp³-hybridized carbons (Fsp3) is 0.545. The summed E-state index contributed by atoms with van der Waals surface area (Å²) in [5.41, 5.74) is 6.62. The highest BCUT2D eigenvalue weighted by molar-refractivity contribution is 5.46. The van der Waals surface area contributed by atoms with Crippen LogP contribution in [0.4, 0.5) is 5.82 Å². The molecule has 2 heterocycles. The van der Waals surface area contributed by atoms with E-state index in [1.54, 1.807) is 4.52 Å². The Morgan fingerprint density at radius 1 is 1.47 bits per heavy atom. The summed E-state index contributed by atoms with van der Waals surface area (Å²) in [6, 6.07) is 1.95. The summed E-state index contributed by atoms with van der Waals surface area (Å²) in [5, 5.41) is 7.53. The standard InChI is InChI=1S/C11H18N6/c1-7-5-9(16-11(3,4)8(2)12)17-10(15-7)13-6-14-17/h5-6,8,16H,12H2,1-4H3. The molecule has 1 atom stereocenters. The van der Waals surface area contributed by atoms with E-state index in [2.05, 4.69) is 34.2 Å². The van der Waals surface area contributed by atoms with Gasteiger partial charge in [0.15, 0.2) is 0 Å². The number of aryl methyl sites for hydroxylation is 1. The Kier molecular flexibility index (Phi) is 2.74. The number of hydrogen-bond donors (Lipinski definition) is 2. The normalized spacial score (nSPS) is 13.9. The monoisotopic (exact) mass is 234 g/mol. The molecule has 0 radical (unpaired) electrons. The molecule has 0 fully saturated rings. The summed E-state index contributed by atoms with van der Waals surface area (Å²) >= 11 is 0. The summed E-state index contributed by atoms with van der Waals surface area (Å²) in [5.74, 6) is 1.44. The van der Waals surface area contributed by atoms with Gasteiger partial charge in [-0.05, 0) is 27.7 Å². The first-order valence-electron chi connectivity index (χ1n) is 5.61. The largest absolute Gasteiger partial charge is 0.363 e. The third-order valence-electron chi connectivity index (χ3n) is 2.97. The predicted molar refractivity (Wildman–Crippen MR) is 66.9 cm³/mol. The van der Waals surface area contributed by atoms with Gasteiger partial charge in [0.2, 0.25) is 0 Å². The minimum Gasteiger partial charge on any atom is -0.363 e. The number of rotatable bonds is 3. The van der Waals surface area contributed by atoms with Crippen molar-refractivity contribution in [3.63, 3.8) is 0 Å². The van der Waals surface area contributed by atoms with Crippen molar-refractivity contribution in [3.05, 3.63) is 18.1 Å². The van der Waals surface area contributed by atoms with Crippen LogP contribution in [0.2, 0.25) is 0 Å². The zero-order chi connectivity index (χ0) is 12.6. The van der Waals surface area contributed by atoms with Gasteiger partial charge in [-0.25, -0.2) is 4.98 Å². The SMILES string of the molecule is Cc1cc(NC(C)(C)C(C)N)n2ncnc2n1. The molecule has 0 aliphatic rings. The van der Waals surface area contributed by atoms with Gasteiger partial charge in [0.1, 0.15) is 12.1 Å². The van der Waals surface area contributed by atoms with Crippen LogP contribution in [0, 0.1) is 6.92 Å². The highest BCUT2D eigenvalue weighted by Gasteiger charge is 2.23. The third kappa shape index (κ3) is 2.21. The van der Waals surface area contributed by atoms with Gasteiger partial charge in [-0.2, -0.15) is 14.6 Å². The Bertz CT molecular complexity index is 528. The summed E-state index contributed by atoms with van der Waals surface area (Å²) in [4.78, 5) is 8.37. The molecule has 92 valence electrons. The Balaban J connectivity index is 2.45. The highest BCUT2D eigenvalue weighted by atomic mass is 15.4. The molecule has 2 aromatic heterocycles. The molecule has 2 aromatic rings. The van der Waals surface area contributed by atoms with Crippen molar-refractivity contribution in [3.8, 4) is 0 Å². The molecule has 1 unspecified atom stereocenters. The van der Waals surface area contributed by atoms with Crippen LogP contribution in [0.3, 0.4) is 0 Å². The van der Waals surface area contributed by atoms with Crippen molar-refractivity contribution in [2.75, 3.05) is 5.32 Å². The molecule has 17 heavy (non-hydrogen) atoms. The summed E-state index contributed by atoms with van der Waals surface area (Å²) in [6.45, 7) is 8.00. The lowest BCUT2D eigenvalue weighted by Crippen LogP contribution is -2.47. The van der Waals surface area contributed by atoms with E-state index < -0.39 is 0 Å². The van der Waals surface area contributed by atoms with Crippen molar-refractivity contribution >= 4 is 11.6 Å². The average molecular weight is 234 g/mol. The quantitative estimate of drug-likeness (QED) is 0.827. The number of nitrogens with one attached hydrogen (secondary N) is 1. The zero-order valence-corrected chi connectivity index (χ0v) is 10.6. The number of nitrogens with two attached hydrogens (primary N) is 1. The van der Waals surface area contributed by atoms with Gasteiger partial charge in [-0.3, -0.25) is 0 Å². The van der Waals surface area contributed by atoms with E-state index in [4.69, 9.17) is 5.73 Å². The van der Waals surface area contributed by atoms with Crippen molar-refractivity contribution in [2.24, 2.45) is 5.73 Å². The van der Waals surface area contributed by atoms with E-state index in [9.17, 15) is 0 Å². The first-order chi connectivity index (χ1) is 7.90. The molecule has 0 spiro atoms. The third-order valence-corrected chi connectivity index (χ3v) is 2.97. The minimum absolute atomic E-state index is 0.00884. The molecular formula is C11H18N6. The molecular weight excluding hydrogens is 216 g/mol. The lowest BCUT2D eigenvalue weighted by atomic mass is 9.97. The lowest BCUT2D eigenvalue weighted by molar-refractivity contribution is 0.467. The smallest absolute Gasteiger partial charge is 0.254 e. The second-order valence-electron chi connectivity index (χ2n) is 4.89. The van der Waals surface area contributed by atoms with Crippen LogP contribution in [0.15, 0.2) is 12.4 Å². The van der Waals surface area contributed by atoms with E-state index in [1.165, 1.54) is 6.33 Å². The lowest BCUT2D eigenvalue weighted by Gasteiger charge is -2.31. The zero-order valence-electron chi connectivity index (χ0n) is 10.6. The molecule has 0 saturated heterocycles. The fourth-order valence-electron chi connectivity index (χ4n) is 1.46. The minimum atomic E-state index is -0.229. The van der Waals surface area contributed by atoms with Crippen LogP contribution in [-0.4, -0.2) is 31.2 Å². The molecule has 6 nitrogen and oxygen atoms in total. The van der Waals surface area contributed by atoms with Crippen molar-refractivity contribution in [1.29, 1.82) is 0 Å². The van der Waals surface area contributed by atoms with Crippen LogP contribution in [0.1, 0.15) is 26.5 Å². The first kappa shape index (κ1) is 11.8. The van der Waals surface area contributed by atoms with Crippen LogP contribution < -0.4 is 11.1 Å². The fourth-order valence-corrected chi connectivity index (χ4v) is 1.46. The van der Waals surface area contributed by atoms with Crippen LogP contribution in [0.25, 0.3) is 5.78 Å². The van der Waals surface area contributed by atoms with Gasteiger partial charge in [0.25, 0.3) is 5.78 Å². The van der Waals surface area contributed by atoms with Gasteiger partial charge >= 0.3 is 0 Å². The Morgan fingerprint density at radius 2 is 2.18 bits per heavy atom. The Morgan fingerprint density at radius 3 is 2.82 bits per heavy atom. The Labute approximate surface area is 100 Å². The number of anilines is 1. The summed E-state index contributed by atoms with van der Waals surface area (Å²) in [6.07, 6.45) is 1.49. The maximum Gasteiger partial charge on any atom is 0.254 e. The van der Waals surface area contributed by atoms with Gasteiger partial charge < -0.3 is 11.1 Å². The Hall–Kier alpha value is -1.69. The molecule has 0 bridgehead atoms. The molecule has 6 heteroatoms. The number of aromatic nitrogens is 4. The van der Waals surface area contributed by atoms with Gasteiger partial charge in [0, 0.05) is 23.3 Å². The predicted octanol–water partition coefficient (Wildman–Crippen LogP) is 0.970. The van der Waals surface area contributed by atoms with Gasteiger partial charge in [0.05, 0.1) is 0 Å². The second-order valence-corrected chi connectivity index (χ2v) is 4.89. The van der Waals surface area contributed by atoms with Crippen molar-refractivity contribution in [2.45, 2.75) is 39.3 Å². The van der Waals surface area contributed by atoms with Crippen molar-refractivity contribution in [1.82, 2.24) is 19.6 Å². The highest BCUT2D eigenvalue weighted by Crippen LogP contribution is 2.18. The number of fused-ring (bicyclic) bond motifs is 1. The van der Waals surface area contributed by atoms with Crippen LogP contribution in [0.5, 0.6) is 0 Å². The molecule has 0 amide bonds. The maximum atomic E-state index is 5.95. The molecule has 2 rings (SSSR count). The van der Waals surface area contributed by atoms with Crippen LogP contribution in [-0.2, 0) is 0 Å². The van der Waals surface area contributed by atoms with E-state index in [1.807, 2.05) is 19.9 Å². The van der Waals surface area contributed by atoms with Gasteiger partial charge in [-0.1, -0.05) is 0 Å². The summed E-state index contributed by atoms with van der Waals surface area (Å²) < 4.78 is 1.68. The number of hydrogen-bond acceptors (Lipinski definition) is 5. The molecule has 0 saturated carbocycles. The first-order valence-corrected chi connectivity index (χ1v) is 5.61. The molecule has 3 N–H and O–H groups in total. The van der Waals surface area contributed by atoms with E-state index in [-0.39, 0.29) is 11.6 Å². The second kappa shape index (κ2) is 3.96. The maximum absolute atomic E-state index is 5.95.